The van der Waals surface area contributed by atoms with E-state index in [-0.39, 0.29) is 12.6 Å². The molecule has 0 saturated carbocycles. The molecule has 1 rings (SSSR count). The number of rotatable bonds is 7. The van der Waals surface area contributed by atoms with Crippen molar-refractivity contribution < 1.29 is 9.52 Å². The van der Waals surface area contributed by atoms with Crippen molar-refractivity contribution in [2.24, 2.45) is 5.92 Å². The van der Waals surface area contributed by atoms with E-state index in [1.807, 2.05) is 12.1 Å². The van der Waals surface area contributed by atoms with Gasteiger partial charge in [0, 0.05) is 6.61 Å². The third-order valence-corrected chi connectivity index (χ3v) is 2.61. The lowest BCUT2D eigenvalue weighted by Gasteiger charge is -2.12. The fourth-order valence-electron chi connectivity index (χ4n) is 1.50. The van der Waals surface area contributed by atoms with Gasteiger partial charge in [-0.15, -0.1) is 0 Å². The van der Waals surface area contributed by atoms with Crippen LogP contribution >= 0.6 is 0 Å². The molecule has 1 aromatic rings. The van der Waals surface area contributed by atoms with Crippen LogP contribution in [0.25, 0.3) is 0 Å². The van der Waals surface area contributed by atoms with Gasteiger partial charge in [0.15, 0.2) is 0 Å². The van der Waals surface area contributed by atoms with Gasteiger partial charge in [-0.3, -0.25) is 0 Å². The minimum atomic E-state index is 0.268. The van der Waals surface area contributed by atoms with E-state index in [9.17, 15) is 0 Å². The van der Waals surface area contributed by atoms with Crippen molar-refractivity contribution in [2.75, 3.05) is 13.2 Å². The van der Waals surface area contributed by atoms with Gasteiger partial charge in [-0.25, -0.2) is 0 Å². The molecule has 3 heteroatoms. The summed E-state index contributed by atoms with van der Waals surface area (Å²) < 4.78 is 5.29. The highest BCUT2D eigenvalue weighted by molar-refractivity contribution is 5.02. The lowest BCUT2D eigenvalue weighted by atomic mass is 10.1. The van der Waals surface area contributed by atoms with Crippen molar-refractivity contribution >= 4 is 0 Å². The Morgan fingerprint density at radius 2 is 2.27 bits per heavy atom. The summed E-state index contributed by atoms with van der Waals surface area (Å²) in [4.78, 5) is 0. The summed E-state index contributed by atoms with van der Waals surface area (Å²) in [6, 6.07) is 4.15. The lowest BCUT2D eigenvalue weighted by Crippen LogP contribution is -2.20. The molecule has 0 saturated heterocycles. The van der Waals surface area contributed by atoms with E-state index in [4.69, 9.17) is 9.52 Å². The van der Waals surface area contributed by atoms with Gasteiger partial charge in [0.05, 0.1) is 12.3 Å². The van der Waals surface area contributed by atoms with Crippen LogP contribution in [0, 0.1) is 5.92 Å². The minimum absolute atomic E-state index is 0.268. The molecule has 15 heavy (non-hydrogen) atoms. The Hall–Kier alpha value is -0.800. The summed E-state index contributed by atoms with van der Waals surface area (Å²) in [6.45, 7) is 5.41. The van der Waals surface area contributed by atoms with Crippen LogP contribution in [-0.4, -0.2) is 18.3 Å². The van der Waals surface area contributed by atoms with Crippen molar-refractivity contribution in [3.8, 4) is 0 Å². The summed E-state index contributed by atoms with van der Waals surface area (Å²) in [5.74, 6) is 1.39. The maximum absolute atomic E-state index is 8.86. The summed E-state index contributed by atoms with van der Waals surface area (Å²) >= 11 is 0. The van der Waals surface area contributed by atoms with Crippen molar-refractivity contribution in [1.82, 2.24) is 5.32 Å². The molecule has 0 amide bonds. The number of aliphatic hydroxyl groups is 1. The number of nitrogens with one attached hydrogen (secondary N) is 1. The highest BCUT2D eigenvalue weighted by Gasteiger charge is 2.06. The van der Waals surface area contributed by atoms with Gasteiger partial charge in [-0.05, 0) is 44.4 Å². The minimum Gasteiger partial charge on any atom is -0.468 e. The van der Waals surface area contributed by atoms with E-state index in [0.717, 1.165) is 25.1 Å². The molecule has 86 valence electrons. The van der Waals surface area contributed by atoms with Crippen molar-refractivity contribution in [3.63, 3.8) is 0 Å². The van der Waals surface area contributed by atoms with E-state index < -0.39 is 0 Å². The second-order valence-electron chi connectivity index (χ2n) is 4.12. The summed E-state index contributed by atoms with van der Waals surface area (Å²) in [5.41, 5.74) is 0. The zero-order valence-corrected chi connectivity index (χ0v) is 9.57. The van der Waals surface area contributed by atoms with Crippen LogP contribution in [0.4, 0.5) is 0 Å². The van der Waals surface area contributed by atoms with Crippen LogP contribution in [0.15, 0.2) is 22.8 Å². The van der Waals surface area contributed by atoms with Gasteiger partial charge in [-0.1, -0.05) is 6.92 Å². The summed E-state index contributed by atoms with van der Waals surface area (Å²) in [5, 5.41) is 12.2. The molecule has 0 radical (unpaired) electrons. The van der Waals surface area contributed by atoms with E-state index >= 15 is 0 Å². The smallest absolute Gasteiger partial charge is 0.120 e. The van der Waals surface area contributed by atoms with Crippen LogP contribution in [0.5, 0.6) is 0 Å². The number of furan rings is 1. The molecule has 0 spiro atoms. The molecule has 2 N–H and O–H groups in total. The average Bonchev–Trinajstić information content (AvgIpc) is 2.77. The predicted octanol–water partition coefficient (Wildman–Crippen LogP) is 2.34. The molecule has 2 atom stereocenters. The molecule has 0 aliphatic carbocycles. The lowest BCUT2D eigenvalue weighted by molar-refractivity contribution is 0.227. The summed E-state index contributed by atoms with van der Waals surface area (Å²) in [6.07, 6.45) is 3.85. The normalized spacial score (nSPS) is 15.1. The molecule has 0 bridgehead atoms. The molecule has 1 heterocycles. The predicted molar refractivity (Wildman–Crippen MR) is 60.6 cm³/mol. The van der Waals surface area contributed by atoms with Crippen molar-refractivity contribution in [2.45, 2.75) is 32.7 Å². The highest BCUT2D eigenvalue weighted by Crippen LogP contribution is 2.12. The van der Waals surface area contributed by atoms with Crippen LogP contribution in [-0.2, 0) is 0 Å². The largest absolute Gasteiger partial charge is 0.468 e. The molecular weight excluding hydrogens is 190 g/mol. The second kappa shape index (κ2) is 6.64. The Labute approximate surface area is 91.5 Å². The van der Waals surface area contributed by atoms with Crippen LogP contribution in [0.3, 0.4) is 0 Å². The molecule has 2 unspecified atom stereocenters. The Morgan fingerprint density at radius 3 is 2.87 bits per heavy atom. The Bertz CT molecular complexity index is 246. The van der Waals surface area contributed by atoms with Gasteiger partial charge in [0.25, 0.3) is 0 Å². The maximum Gasteiger partial charge on any atom is 0.120 e. The zero-order chi connectivity index (χ0) is 11.1. The van der Waals surface area contributed by atoms with Crippen LogP contribution in [0.1, 0.15) is 38.5 Å². The van der Waals surface area contributed by atoms with Gasteiger partial charge in [0.1, 0.15) is 5.76 Å². The number of hydrogen-bond acceptors (Lipinski definition) is 3. The molecular formula is C12H21NO2. The summed E-state index contributed by atoms with van der Waals surface area (Å²) in [7, 11) is 0. The molecule has 0 aliphatic heterocycles. The first kappa shape index (κ1) is 12.3. The monoisotopic (exact) mass is 211 g/mol. The Morgan fingerprint density at radius 1 is 1.47 bits per heavy atom. The first-order valence-corrected chi connectivity index (χ1v) is 5.61. The third-order valence-electron chi connectivity index (χ3n) is 2.61. The second-order valence-corrected chi connectivity index (χ2v) is 4.12. The molecule has 0 aliphatic rings. The van der Waals surface area contributed by atoms with Crippen LogP contribution in [0.2, 0.25) is 0 Å². The zero-order valence-electron chi connectivity index (χ0n) is 9.57. The quantitative estimate of drug-likeness (QED) is 0.680. The Kier molecular flexibility index (Phi) is 5.43. The number of aliphatic hydroxyl groups excluding tert-OH is 1. The standard InChI is InChI=1S/C12H21NO2/c1-10(9-14)5-3-7-13-11(2)12-6-4-8-15-12/h4,6,8,10-11,13-14H,3,5,7,9H2,1-2H3. The van der Waals surface area contributed by atoms with Crippen molar-refractivity contribution in [1.29, 1.82) is 0 Å². The van der Waals surface area contributed by atoms with Gasteiger partial charge >= 0.3 is 0 Å². The fourth-order valence-corrected chi connectivity index (χ4v) is 1.50. The maximum atomic E-state index is 8.86. The van der Waals surface area contributed by atoms with E-state index in [2.05, 4.69) is 19.2 Å². The SMILES string of the molecule is CC(CO)CCCNC(C)c1ccco1. The van der Waals surface area contributed by atoms with Gasteiger partial charge in [-0.2, -0.15) is 0 Å². The molecule has 1 aromatic heterocycles. The fraction of sp³-hybridized carbons (Fsp3) is 0.667. The van der Waals surface area contributed by atoms with Crippen LogP contribution < -0.4 is 5.32 Å². The number of hydrogen-bond donors (Lipinski definition) is 2. The van der Waals surface area contributed by atoms with Gasteiger partial charge < -0.3 is 14.8 Å². The van der Waals surface area contributed by atoms with Crippen molar-refractivity contribution in [3.05, 3.63) is 24.2 Å². The third kappa shape index (κ3) is 4.49. The highest BCUT2D eigenvalue weighted by atomic mass is 16.3. The first-order chi connectivity index (χ1) is 7.24. The molecule has 3 nitrogen and oxygen atoms in total. The van der Waals surface area contributed by atoms with Gasteiger partial charge in [0.2, 0.25) is 0 Å². The Balaban J connectivity index is 2.10. The average molecular weight is 211 g/mol. The van der Waals surface area contributed by atoms with E-state index in [0.29, 0.717) is 5.92 Å². The first-order valence-electron chi connectivity index (χ1n) is 5.61. The topological polar surface area (TPSA) is 45.4 Å². The molecule has 0 aromatic carbocycles. The van der Waals surface area contributed by atoms with E-state index in [1.165, 1.54) is 0 Å². The van der Waals surface area contributed by atoms with E-state index in [1.54, 1.807) is 6.26 Å². The molecule has 0 fully saturated rings.